The quantitative estimate of drug-likeness (QED) is 0.401. The number of thioether (sulfide) groups is 1. The van der Waals surface area contributed by atoms with Crippen molar-refractivity contribution in [2.75, 3.05) is 12.4 Å². The molecule has 3 aromatic rings. The molecule has 1 aliphatic rings. The van der Waals surface area contributed by atoms with E-state index in [1.165, 1.54) is 19.9 Å². The summed E-state index contributed by atoms with van der Waals surface area (Å²) in [5.41, 5.74) is 0.894. The van der Waals surface area contributed by atoms with Crippen molar-refractivity contribution in [3.8, 4) is 11.5 Å². The highest BCUT2D eigenvalue weighted by atomic mass is 32.2. The maximum Gasteiger partial charge on any atom is 0.406 e. The molecule has 2 aromatic heterocycles. The number of para-hydroxylation sites is 2. The molecule has 0 fully saturated rings. The highest BCUT2D eigenvalue weighted by molar-refractivity contribution is 7.99. The fourth-order valence-corrected chi connectivity index (χ4v) is 3.91. The molecule has 1 atom stereocenters. The standard InChI is InChI=1S/C20H18F3N3O4S/c1-11-7-13(12(2)26(11)10-20(21,22)23)14(27)9-31-19-25-24-18(30-19)17-8-28-15-5-3-4-6-16(15)29-17/h3-7,17H,8-10H2,1-2H3. The number of fused-ring (bicyclic) bond motifs is 1. The van der Waals surface area contributed by atoms with Gasteiger partial charge >= 0.3 is 6.18 Å². The average molecular weight is 453 g/mol. The molecule has 11 heteroatoms. The van der Waals surface area contributed by atoms with Crippen molar-refractivity contribution in [1.82, 2.24) is 14.8 Å². The number of carbonyl (C=O) groups excluding carboxylic acids is 1. The number of rotatable bonds is 6. The maximum atomic E-state index is 12.8. The van der Waals surface area contributed by atoms with Crippen LogP contribution >= 0.6 is 11.8 Å². The van der Waals surface area contributed by atoms with Crippen molar-refractivity contribution in [3.63, 3.8) is 0 Å². The molecule has 31 heavy (non-hydrogen) atoms. The molecule has 3 heterocycles. The van der Waals surface area contributed by atoms with Crippen LogP contribution in [0.3, 0.4) is 0 Å². The topological polar surface area (TPSA) is 79.4 Å². The Labute approximate surface area is 179 Å². The Bertz CT molecular complexity index is 1110. The van der Waals surface area contributed by atoms with Crippen LogP contribution in [0, 0.1) is 13.8 Å². The molecule has 0 N–H and O–H groups in total. The molecule has 1 unspecified atom stereocenters. The van der Waals surface area contributed by atoms with E-state index in [0.717, 1.165) is 16.3 Å². The van der Waals surface area contributed by atoms with Gasteiger partial charge in [-0.25, -0.2) is 0 Å². The smallest absolute Gasteiger partial charge is 0.406 e. The fourth-order valence-electron chi connectivity index (χ4n) is 3.26. The van der Waals surface area contributed by atoms with Crippen molar-refractivity contribution in [2.24, 2.45) is 0 Å². The number of carbonyl (C=O) groups is 1. The minimum Gasteiger partial charge on any atom is -0.485 e. The number of halogens is 3. The molecule has 0 aliphatic carbocycles. The van der Waals surface area contributed by atoms with Gasteiger partial charge in [0.25, 0.3) is 11.1 Å². The summed E-state index contributed by atoms with van der Waals surface area (Å²) in [5, 5.41) is 8.03. The van der Waals surface area contributed by atoms with Crippen LogP contribution in [0.2, 0.25) is 0 Å². The molecule has 0 saturated carbocycles. The highest BCUT2D eigenvalue weighted by Gasteiger charge is 2.31. The van der Waals surface area contributed by atoms with Crippen LogP contribution in [0.5, 0.6) is 11.5 Å². The summed E-state index contributed by atoms with van der Waals surface area (Å²) < 4.78 is 56.4. The van der Waals surface area contributed by atoms with Crippen molar-refractivity contribution < 1.29 is 31.9 Å². The Morgan fingerprint density at radius 3 is 2.71 bits per heavy atom. The van der Waals surface area contributed by atoms with Crippen molar-refractivity contribution in [1.29, 1.82) is 0 Å². The van der Waals surface area contributed by atoms with Gasteiger partial charge in [-0.05, 0) is 32.0 Å². The van der Waals surface area contributed by atoms with E-state index in [2.05, 4.69) is 10.2 Å². The number of ether oxygens (including phenoxy) is 2. The first kappa shape index (κ1) is 21.3. The number of hydrogen-bond donors (Lipinski definition) is 0. The summed E-state index contributed by atoms with van der Waals surface area (Å²) in [5.74, 6) is 1.03. The van der Waals surface area contributed by atoms with Crippen LogP contribution < -0.4 is 9.47 Å². The molecule has 164 valence electrons. The second-order valence-electron chi connectivity index (χ2n) is 6.97. The van der Waals surface area contributed by atoms with E-state index < -0.39 is 18.8 Å². The van der Waals surface area contributed by atoms with Crippen molar-refractivity contribution in [3.05, 3.63) is 53.2 Å². The zero-order valence-corrected chi connectivity index (χ0v) is 17.4. The number of aryl methyl sites for hydroxylation is 1. The van der Waals surface area contributed by atoms with Crippen LogP contribution in [0.1, 0.15) is 33.7 Å². The van der Waals surface area contributed by atoms with Crippen LogP contribution in [0.15, 0.2) is 40.0 Å². The minimum absolute atomic E-state index is 0.0528. The number of nitrogens with zero attached hydrogens (tertiary/aromatic N) is 3. The van der Waals surface area contributed by atoms with E-state index in [-0.39, 0.29) is 40.5 Å². The molecule has 0 amide bonds. The van der Waals surface area contributed by atoms with Gasteiger partial charge in [-0.3, -0.25) is 4.79 Å². The van der Waals surface area contributed by atoms with Gasteiger partial charge in [0.1, 0.15) is 13.2 Å². The summed E-state index contributed by atoms with van der Waals surface area (Å²) in [6.45, 7) is 2.11. The zero-order valence-electron chi connectivity index (χ0n) is 16.6. The third kappa shape index (κ3) is 4.71. The summed E-state index contributed by atoms with van der Waals surface area (Å²) in [4.78, 5) is 12.6. The lowest BCUT2D eigenvalue weighted by molar-refractivity contribution is -0.141. The normalized spacial score (nSPS) is 15.8. The van der Waals surface area contributed by atoms with Crippen molar-refractivity contribution in [2.45, 2.75) is 37.9 Å². The number of hydrogen-bond acceptors (Lipinski definition) is 7. The average Bonchev–Trinajstić information content (AvgIpc) is 3.31. The van der Waals surface area contributed by atoms with E-state index in [1.54, 1.807) is 12.1 Å². The lowest BCUT2D eigenvalue weighted by Crippen LogP contribution is -2.21. The van der Waals surface area contributed by atoms with Crippen LogP contribution in [-0.4, -0.2) is 39.1 Å². The largest absolute Gasteiger partial charge is 0.485 e. The van der Waals surface area contributed by atoms with Gasteiger partial charge in [-0.1, -0.05) is 23.9 Å². The number of alkyl halides is 3. The molecular formula is C20H18F3N3O4S. The number of Topliss-reactive ketones (excluding diaryl/α,β-unsaturated/α-hetero) is 1. The molecule has 4 rings (SSSR count). The van der Waals surface area contributed by atoms with Crippen molar-refractivity contribution >= 4 is 17.5 Å². The highest BCUT2D eigenvalue weighted by Crippen LogP contribution is 2.36. The fraction of sp³-hybridized carbons (Fsp3) is 0.350. The van der Waals surface area contributed by atoms with Gasteiger partial charge in [0, 0.05) is 17.0 Å². The molecule has 0 saturated heterocycles. The Hall–Kier alpha value is -2.95. The Morgan fingerprint density at radius 1 is 1.23 bits per heavy atom. The molecule has 1 aromatic carbocycles. The second kappa shape index (κ2) is 8.29. The number of ketones is 1. The third-order valence-corrected chi connectivity index (χ3v) is 5.56. The zero-order chi connectivity index (χ0) is 22.2. The van der Waals surface area contributed by atoms with Gasteiger partial charge in [-0.15, -0.1) is 10.2 Å². The maximum absolute atomic E-state index is 12.8. The van der Waals surface area contributed by atoms with Gasteiger partial charge in [-0.2, -0.15) is 13.2 Å². The molecule has 0 spiro atoms. The van der Waals surface area contributed by atoms with Crippen LogP contribution in [0.4, 0.5) is 13.2 Å². The Morgan fingerprint density at radius 2 is 1.97 bits per heavy atom. The van der Waals surface area contributed by atoms with E-state index >= 15 is 0 Å². The predicted molar refractivity (Wildman–Crippen MR) is 105 cm³/mol. The predicted octanol–water partition coefficient (Wildman–Crippen LogP) is 4.54. The summed E-state index contributed by atoms with van der Waals surface area (Å²) >= 11 is 1.01. The number of aromatic nitrogens is 3. The van der Waals surface area contributed by atoms with Gasteiger partial charge in [0.05, 0.1) is 5.75 Å². The van der Waals surface area contributed by atoms with Crippen LogP contribution in [0.25, 0.3) is 0 Å². The monoisotopic (exact) mass is 453 g/mol. The molecule has 0 radical (unpaired) electrons. The first-order chi connectivity index (χ1) is 14.7. The van der Waals surface area contributed by atoms with Crippen LogP contribution in [-0.2, 0) is 6.54 Å². The lowest BCUT2D eigenvalue weighted by atomic mass is 10.2. The summed E-state index contributed by atoms with van der Waals surface area (Å²) in [6, 6.07) is 8.67. The van der Waals surface area contributed by atoms with E-state index in [4.69, 9.17) is 13.9 Å². The van der Waals surface area contributed by atoms with E-state index in [9.17, 15) is 18.0 Å². The molecule has 7 nitrogen and oxygen atoms in total. The third-order valence-electron chi connectivity index (χ3n) is 4.74. The first-order valence-electron chi connectivity index (χ1n) is 9.32. The van der Waals surface area contributed by atoms with Gasteiger partial charge < -0.3 is 18.5 Å². The van der Waals surface area contributed by atoms with E-state index in [1.807, 2.05) is 12.1 Å². The molecular weight excluding hydrogens is 435 g/mol. The summed E-state index contributed by atoms with van der Waals surface area (Å²) in [7, 11) is 0. The minimum atomic E-state index is -4.37. The van der Waals surface area contributed by atoms with Gasteiger partial charge in [0.2, 0.25) is 6.10 Å². The first-order valence-corrected chi connectivity index (χ1v) is 10.3. The molecule has 0 bridgehead atoms. The van der Waals surface area contributed by atoms with Gasteiger partial charge in [0.15, 0.2) is 17.3 Å². The van der Waals surface area contributed by atoms with E-state index in [0.29, 0.717) is 17.2 Å². The number of benzene rings is 1. The lowest BCUT2D eigenvalue weighted by Gasteiger charge is -2.23. The second-order valence-corrected chi connectivity index (χ2v) is 7.90. The SMILES string of the molecule is Cc1cc(C(=O)CSc2nnc(C3COc4ccccc4O3)o2)c(C)n1CC(F)(F)F. The Kier molecular flexibility index (Phi) is 5.69. The Balaban J connectivity index is 1.39. The molecule has 1 aliphatic heterocycles. The summed E-state index contributed by atoms with van der Waals surface area (Å²) in [6.07, 6.45) is -4.94.